The topological polar surface area (TPSA) is 89.1 Å². The van der Waals surface area contributed by atoms with Crippen LogP contribution in [-0.4, -0.2) is 56.4 Å². The van der Waals surface area contributed by atoms with E-state index >= 15 is 0 Å². The Hall–Kier alpha value is -3.07. The number of nitrogens with one attached hydrogen (secondary N) is 1. The number of likely N-dealkylation sites (tertiary alicyclic amines) is 1. The lowest BCUT2D eigenvalue weighted by atomic mass is 10.3. The molecule has 1 saturated heterocycles. The highest BCUT2D eigenvalue weighted by Gasteiger charge is 2.24. The first kappa shape index (κ1) is 19.3. The van der Waals surface area contributed by atoms with Gasteiger partial charge in [-0.25, -0.2) is 19.0 Å². The quantitative estimate of drug-likeness (QED) is 0.711. The lowest BCUT2D eigenvalue weighted by Gasteiger charge is -2.14. The summed E-state index contributed by atoms with van der Waals surface area (Å²) in [6.07, 6.45) is -0.404. The number of amides is 1. The number of hydrogen-bond acceptors (Lipinski definition) is 6. The first-order valence-corrected chi connectivity index (χ1v) is 9.53. The maximum Gasteiger partial charge on any atom is 0.239 e. The van der Waals surface area contributed by atoms with E-state index in [9.17, 15) is 9.18 Å². The third-order valence-electron chi connectivity index (χ3n) is 4.75. The molecule has 0 radical (unpaired) electrons. The van der Waals surface area contributed by atoms with E-state index in [0.29, 0.717) is 36.2 Å². The molecule has 1 aliphatic rings. The summed E-state index contributed by atoms with van der Waals surface area (Å²) in [7, 11) is 0. The molecule has 0 spiro atoms. The van der Waals surface area contributed by atoms with E-state index in [1.165, 1.54) is 0 Å². The van der Waals surface area contributed by atoms with Gasteiger partial charge in [0.15, 0.2) is 17.4 Å². The van der Waals surface area contributed by atoms with Crippen LogP contribution in [0.1, 0.15) is 23.6 Å². The Bertz CT molecular complexity index is 1040. The highest BCUT2D eigenvalue weighted by atomic mass is 19.1. The van der Waals surface area contributed by atoms with Crippen LogP contribution in [0.25, 0.3) is 17.4 Å². The molecule has 4 heterocycles. The Kier molecular flexibility index (Phi) is 5.14. The largest absolute Gasteiger partial charge is 0.458 e. The van der Waals surface area contributed by atoms with Gasteiger partial charge in [-0.2, -0.15) is 5.10 Å². The van der Waals surface area contributed by atoms with Crippen LogP contribution in [0.2, 0.25) is 0 Å². The molecule has 9 heteroatoms. The van der Waals surface area contributed by atoms with Gasteiger partial charge < -0.3 is 9.73 Å². The number of hydrogen-bond donors (Lipinski definition) is 1. The lowest BCUT2D eigenvalue weighted by Crippen LogP contribution is -2.32. The summed E-state index contributed by atoms with van der Waals surface area (Å²) in [5.41, 5.74) is 1.77. The van der Waals surface area contributed by atoms with Crippen LogP contribution >= 0.6 is 0 Å². The van der Waals surface area contributed by atoms with Gasteiger partial charge in [0.1, 0.15) is 17.7 Å². The fourth-order valence-electron chi connectivity index (χ4n) is 3.45. The second-order valence-electron chi connectivity index (χ2n) is 7.35. The zero-order valence-electron chi connectivity index (χ0n) is 16.6. The molecule has 1 fully saturated rings. The van der Waals surface area contributed by atoms with Crippen LogP contribution in [0, 0.1) is 20.8 Å². The van der Waals surface area contributed by atoms with Crippen LogP contribution in [0.3, 0.4) is 0 Å². The lowest BCUT2D eigenvalue weighted by molar-refractivity contribution is -0.117. The van der Waals surface area contributed by atoms with Gasteiger partial charge in [0.2, 0.25) is 5.91 Å². The number of carbonyl (C=O) groups is 1. The number of aryl methyl sites for hydroxylation is 3. The highest BCUT2D eigenvalue weighted by molar-refractivity contribution is 5.91. The zero-order chi connectivity index (χ0) is 20.5. The maximum atomic E-state index is 13.4. The molecule has 29 heavy (non-hydrogen) atoms. The Balaban J connectivity index is 1.64. The van der Waals surface area contributed by atoms with Gasteiger partial charge in [0.25, 0.3) is 0 Å². The fraction of sp³-hybridized carbons (Fsp3) is 0.400. The molecule has 1 atom stereocenters. The molecule has 0 aromatic carbocycles. The predicted molar refractivity (Wildman–Crippen MR) is 106 cm³/mol. The molecule has 1 N–H and O–H groups in total. The number of nitrogens with zero attached hydrogens (tertiary/aromatic N) is 5. The van der Waals surface area contributed by atoms with E-state index in [0.717, 1.165) is 17.1 Å². The Morgan fingerprint density at radius 2 is 2.10 bits per heavy atom. The van der Waals surface area contributed by atoms with Crippen LogP contribution in [0.5, 0.6) is 0 Å². The summed E-state index contributed by atoms with van der Waals surface area (Å²) in [6, 6.07) is 7.22. The summed E-state index contributed by atoms with van der Waals surface area (Å²) in [6.45, 7) is 6.65. The van der Waals surface area contributed by atoms with E-state index in [-0.39, 0.29) is 19.0 Å². The minimum Gasteiger partial charge on any atom is -0.458 e. The van der Waals surface area contributed by atoms with Crippen molar-refractivity contribution in [2.75, 3.05) is 25.0 Å². The molecule has 8 nitrogen and oxygen atoms in total. The molecule has 0 bridgehead atoms. The van der Waals surface area contributed by atoms with Crippen molar-refractivity contribution in [2.45, 2.75) is 33.4 Å². The second kappa shape index (κ2) is 7.75. The molecule has 0 unspecified atom stereocenters. The average molecular weight is 398 g/mol. The van der Waals surface area contributed by atoms with Gasteiger partial charge in [-0.1, -0.05) is 0 Å². The van der Waals surface area contributed by atoms with E-state index in [4.69, 9.17) is 4.42 Å². The van der Waals surface area contributed by atoms with Crippen molar-refractivity contribution in [2.24, 2.45) is 0 Å². The van der Waals surface area contributed by atoms with Crippen LogP contribution in [0.4, 0.5) is 10.2 Å². The average Bonchev–Trinajstić information content (AvgIpc) is 3.35. The molecular weight excluding hydrogens is 375 g/mol. The standard InChI is InChI=1S/C20H23FN6O2/c1-12-8-13(2)27(25-12)18-9-17(22-19(28)11-26-7-6-15(21)10-26)23-20(24-18)16-5-4-14(3)29-16/h4-5,8-9,15H,6-7,10-11H2,1-3H3,(H,22,23,24,28)/t15-/m0/s1. The summed E-state index contributed by atoms with van der Waals surface area (Å²) >= 11 is 0. The SMILES string of the molecule is Cc1cc(C)n(-c2cc(NC(=O)CN3CC[C@H](F)C3)nc(-c3ccc(C)o3)n2)n1. The van der Waals surface area contributed by atoms with Gasteiger partial charge in [-0.3, -0.25) is 9.69 Å². The first-order valence-electron chi connectivity index (χ1n) is 9.53. The predicted octanol–water partition coefficient (Wildman–Crippen LogP) is 2.83. The van der Waals surface area contributed by atoms with Crippen LogP contribution in [-0.2, 0) is 4.79 Å². The molecule has 3 aromatic rings. The summed E-state index contributed by atoms with van der Waals surface area (Å²) in [5, 5.41) is 7.27. The number of anilines is 1. The Morgan fingerprint density at radius 1 is 1.28 bits per heavy atom. The van der Waals surface area contributed by atoms with E-state index in [1.54, 1.807) is 21.7 Å². The normalized spacial score (nSPS) is 17.0. The van der Waals surface area contributed by atoms with E-state index < -0.39 is 6.17 Å². The summed E-state index contributed by atoms with van der Waals surface area (Å²) < 4.78 is 20.7. The van der Waals surface area contributed by atoms with Crippen molar-refractivity contribution < 1.29 is 13.6 Å². The number of aromatic nitrogens is 4. The number of halogens is 1. The van der Waals surface area contributed by atoms with Crippen molar-refractivity contribution in [3.63, 3.8) is 0 Å². The fourth-order valence-corrected chi connectivity index (χ4v) is 3.45. The van der Waals surface area contributed by atoms with Gasteiger partial charge in [-0.05, 0) is 45.4 Å². The molecule has 3 aromatic heterocycles. The summed E-state index contributed by atoms with van der Waals surface area (Å²) in [4.78, 5) is 23.3. The van der Waals surface area contributed by atoms with Crippen molar-refractivity contribution in [3.8, 4) is 17.4 Å². The Morgan fingerprint density at radius 3 is 2.72 bits per heavy atom. The van der Waals surface area contributed by atoms with Crippen molar-refractivity contribution >= 4 is 11.7 Å². The van der Waals surface area contributed by atoms with Crippen LogP contribution in [0.15, 0.2) is 28.7 Å². The third-order valence-corrected chi connectivity index (χ3v) is 4.75. The molecule has 152 valence electrons. The molecule has 0 aliphatic carbocycles. The van der Waals surface area contributed by atoms with Gasteiger partial charge >= 0.3 is 0 Å². The number of carbonyl (C=O) groups excluding carboxylic acids is 1. The molecule has 0 saturated carbocycles. The molecule has 1 amide bonds. The monoisotopic (exact) mass is 398 g/mol. The smallest absolute Gasteiger partial charge is 0.239 e. The zero-order valence-corrected chi connectivity index (χ0v) is 16.6. The van der Waals surface area contributed by atoms with E-state index in [2.05, 4.69) is 20.4 Å². The van der Waals surface area contributed by atoms with Crippen molar-refractivity contribution in [1.82, 2.24) is 24.6 Å². The van der Waals surface area contributed by atoms with Crippen molar-refractivity contribution in [1.29, 1.82) is 0 Å². The first-order chi connectivity index (χ1) is 13.9. The highest BCUT2D eigenvalue weighted by Crippen LogP contribution is 2.23. The molecular formula is C20H23FN6O2. The van der Waals surface area contributed by atoms with Crippen molar-refractivity contribution in [3.05, 3.63) is 41.4 Å². The minimum absolute atomic E-state index is 0.120. The molecule has 4 rings (SSSR count). The van der Waals surface area contributed by atoms with Gasteiger partial charge in [0.05, 0.1) is 12.2 Å². The minimum atomic E-state index is -0.867. The maximum absolute atomic E-state index is 13.4. The van der Waals surface area contributed by atoms with Gasteiger partial charge in [0, 0.05) is 24.8 Å². The second-order valence-corrected chi connectivity index (χ2v) is 7.35. The third kappa shape index (κ3) is 4.34. The molecule has 1 aliphatic heterocycles. The van der Waals surface area contributed by atoms with Crippen LogP contribution < -0.4 is 5.32 Å². The number of rotatable bonds is 5. The van der Waals surface area contributed by atoms with Gasteiger partial charge in [-0.15, -0.1) is 0 Å². The number of furan rings is 1. The Labute approximate surface area is 167 Å². The van der Waals surface area contributed by atoms with E-state index in [1.807, 2.05) is 32.9 Å². The number of alkyl halides is 1. The summed E-state index contributed by atoms with van der Waals surface area (Å²) in [5.74, 6) is 2.20.